The van der Waals surface area contributed by atoms with E-state index in [0.717, 1.165) is 32.0 Å². The van der Waals surface area contributed by atoms with Gasteiger partial charge < -0.3 is 4.90 Å². The van der Waals surface area contributed by atoms with Gasteiger partial charge in [0.2, 0.25) is 11.1 Å². The fourth-order valence-electron chi connectivity index (χ4n) is 3.23. The molecule has 2 aromatic heterocycles. The minimum atomic E-state index is -0.106. The molecule has 7 nitrogen and oxygen atoms in total. The van der Waals surface area contributed by atoms with Crippen molar-refractivity contribution in [1.29, 1.82) is 0 Å². The molecule has 0 radical (unpaired) electrons. The Bertz CT molecular complexity index is 1150. The summed E-state index contributed by atoms with van der Waals surface area (Å²) in [6.45, 7) is 6.05. The Morgan fingerprint density at radius 1 is 1.17 bits per heavy atom. The Morgan fingerprint density at radius 2 is 1.90 bits per heavy atom. The molecule has 4 aromatic rings. The average Bonchev–Trinajstić information content (AvgIpc) is 3.37. The monoisotopic (exact) mass is 438 g/mol. The van der Waals surface area contributed by atoms with E-state index in [4.69, 9.17) is 0 Å². The van der Waals surface area contributed by atoms with Gasteiger partial charge in [-0.1, -0.05) is 42.1 Å². The number of thiazole rings is 1. The molecule has 0 N–H and O–H groups in total. The standard InChI is InChI=1S/C21H22N6OS2/c1-13-8-7-9-14(2)19(13)27-21(23-24-25-27)29-12-18(28)26(4)15(3)20-22-16-10-5-6-11-17(16)30-20/h5-11,15H,12H2,1-4H3/t15-/m0/s1. The van der Waals surface area contributed by atoms with E-state index in [-0.39, 0.29) is 17.7 Å². The van der Waals surface area contributed by atoms with Crippen LogP contribution in [0.5, 0.6) is 0 Å². The molecule has 0 saturated heterocycles. The number of nitrogens with zero attached hydrogens (tertiary/aromatic N) is 6. The fourth-order valence-corrected chi connectivity index (χ4v) is 5.09. The molecule has 0 saturated carbocycles. The van der Waals surface area contributed by atoms with Crippen molar-refractivity contribution in [2.45, 2.75) is 32.0 Å². The summed E-state index contributed by atoms with van der Waals surface area (Å²) in [5.41, 5.74) is 4.08. The fraction of sp³-hybridized carbons (Fsp3) is 0.286. The summed E-state index contributed by atoms with van der Waals surface area (Å²) in [7, 11) is 1.81. The number of hydrogen-bond donors (Lipinski definition) is 0. The Kier molecular flexibility index (Phi) is 5.83. The van der Waals surface area contributed by atoms with Crippen LogP contribution in [0.25, 0.3) is 15.9 Å². The maximum absolute atomic E-state index is 12.9. The van der Waals surface area contributed by atoms with Gasteiger partial charge >= 0.3 is 0 Å². The number of carbonyl (C=O) groups is 1. The number of tetrazole rings is 1. The van der Waals surface area contributed by atoms with Gasteiger partial charge in [-0.05, 0) is 54.5 Å². The van der Waals surface area contributed by atoms with Crippen LogP contribution in [-0.4, -0.2) is 48.8 Å². The maximum Gasteiger partial charge on any atom is 0.233 e. The molecule has 4 rings (SSSR count). The quantitative estimate of drug-likeness (QED) is 0.420. The Balaban J connectivity index is 1.47. The van der Waals surface area contributed by atoms with Crippen LogP contribution in [0.3, 0.4) is 0 Å². The van der Waals surface area contributed by atoms with Gasteiger partial charge in [0.05, 0.1) is 27.7 Å². The average molecular weight is 439 g/mol. The van der Waals surface area contributed by atoms with Gasteiger partial charge in [-0.3, -0.25) is 4.79 Å². The highest BCUT2D eigenvalue weighted by molar-refractivity contribution is 7.99. The molecule has 9 heteroatoms. The van der Waals surface area contributed by atoms with Crippen LogP contribution in [0, 0.1) is 13.8 Å². The van der Waals surface area contributed by atoms with Crippen molar-refractivity contribution in [3.8, 4) is 5.69 Å². The molecular weight excluding hydrogens is 416 g/mol. The molecule has 0 bridgehead atoms. The van der Waals surface area contributed by atoms with Gasteiger partial charge in [-0.15, -0.1) is 16.4 Å². The third-order valence-corrected chi connectivity index (χ3v) is 7.17. The predicted molar refractivity (Wildman–Crippen MR) is 120 cm³/mol. The highest BCUT2D eigenvalue weighted by atomic mass is 32.2. The molecule has 0 unspecified atom stereocenters. The van der Waals surface area contributed by atoms with Crippen LogP contribution in [-0.2, 0) is 4.79 Å². The van der Waals surface area contributed by atoms with Crippen molar-refractivity contribution < 1.29 is 4.79 Å². The number of rotatable bonds is 6. The highest BCUT2D eigenvalue weighted by Crippen LogP contribution is 2.30. The molecule has 1 amide bonds. The number of carbonyl (C=O) groups excluding carboxylic acids is 1. The zero-order valence-electron chi connectivity index (χ0n) is 17.2. The minimum absolute atomic E-state index is 0.00260. The number of aromatic nitrogens is 5. The molecule has 0 aliphatic rings. The normalized spacial score (nSPS) is 12.3. The summed E-state index contributed by atoms with van der Waals surface area (Å²) in [4.78, 5) is 19.3. The lowest BCUT2D eigenvalue weighted by atomic mass is 10.1. The van der Waals surface area contributed by atoms with Gasteiger partial charge in [0, 0.05) is 7.05 Å². The molecule has 2 aromatic carbocycles. The van der Waals surface area contributed by atoms with Crippen molar-refractivity contribution >= 4 is 39.2 Å². The van der Waals surface area contributed by atoms with Crippen LogP contribution in [0.1, 0.15) is 29.1 Å². The van der Waals surface area contributed by atoms with Crippen LogP contribution in [0.15, 0.2) is 47.6 Å². The lowest BCUT2D eigenvalue weighted by Crippen LogP contribution is -2.31. The minimum Gasteiger partial charge on any atom is -0.336 e. The summed E-state index contributed by atoms with van der Waals surface area (Å²) in [5, 5.41) is 13.6. The first kappa shape index (κ1) is 20.5. The number of hydrogen-bond acceptors (Lipinski definition) is 7. The number of fused-ring (bicyclic) bond motifs is 1. The molecule has 0 aliphatic heterocycles. The zero-order chi connectivity index (χ0) is 21.3. The maximum atomic E-state index is 12.9. The highest BCUT2D eigenvalue weighted by Gasteiger charge is 2.22. The third kappa shape index (κ3) is 3.95. The number of benzene rings is 2. The van der Waals surface area contributed by atoms with E-state index >= 15 is 0 Å². The first-order chi connectivity index (χ1) is 14.5. The number of thioether (sulfide) groups is 1. The second kappa shape index (κ2) is 8.53. The van der Waals surface area contributed by atoms with Crippen LogP contribution < -0.4 is 0 Å². The molecule has 1 atom stereocenters. The molecule has 154 valence electrons. The van der Waals surface area contributed by atoms with Gasteiger partial charge in [0.1, 0.15) is 5.01 Å². The summed E-state index contributed by atoms with van der Waals surface area (Å²) in [6, 6.07) is 14.0. The Labute approximate surface area is 183 Å². The number of para-hydroxylation sites is 2. The van der Waals surface area contributed by atoms with E-state index in [1.807, 2.05) is 70.3 Å². The topological polar surface area (TPSA) is 76.8 Å². The molecule has 0 spiro atoms. The third-order valence-electron chi connectivity index (χ3n) is 5.06. The molecule has 0 fully saturated rings. The number of aryl methyl sites for hydroxylation is 2. The van der Waals surface area contributed by atoms with Gasteiger partial charge in [-0.2, -0.15) is 4.68 Å². The van der Waals surface area contributed by atoms with Crippen LogP contribution >= 0.6 is 23.1 Å². The van der Waals surface area contributed by atoms with Gasteiger partial charge in [0.15, 0.2) is 0 Å². The van der Waals surface area contributed by atoms with E-state index < -0.39 is 0 Å². The van der Waals surface area contributed by atoms with Gasteiger partial charge in [0.25, 0.3) is 0 Å². The molecule has 0 aliphatic carbocycles. The Morgan fingerprint density at radius 3 is 2.63 bits per heavy atom. The van der Waals surface area contributed by atoms with Crippen LogP contribution in [0.2, 0.25) is 0 Å². The molecule has 30 heavy (non-hydrogen) atoms. The lowest BCUT2D eigenvalue weighted by molar-refractivity contribution is -0.128. The van der Waals surface area contributed by atoms with Crippen molar-refractivity contribution in [1.82, 2.24) is 30.1 Å². The van der Waals surface area contributed by atoms with E-state index in [1.165, 1.54) is 11.8 Å². The van der Waals surface area contributed by atoms with Crippen LogP contribution in [0.4, 0.5) is 0 Å². The van der Waals surface area contributed by atoms with Gasteiger partial charge in [-0.25, -0.2) is 4.98 Å². The first-order valence-corrected chi connectivity index (χ1v) is 11.3. The summed E-state index contributed by atoms with van der Waals surface area (Å²) in [6.07, 6.45) is 0. The summed E-state index contributed by atoms with van der Waals surface area (Å²) < 4.78 is 2.84. The second-order valence-corrected chi connectivity index (χ2v) is 9.11. The number of amides is 1. The van der Waals surface area contributed by atoms with E-state index in [2.05, 4.69) is 20.5 Å². The van der Waals surface area contributed by atoms with Crippen molar-refractivity contribution in [2.24, 2.45) is 0 Å². The zero-order valence-corrected chi connectivity index (χ0v) is 18.9. The van der Waals surface area contributed by atoms with Crippen molar-refractivity contribution in [3.05, 3.63) is 58.6 Å². The second-order valence-electron chi connectivity index (χ2n) is 7.10. The van der Waals surface area contributed by atoms with E-state index in [9.17, 15) is 4.79 Å². The molecular formula is C21H22N6OS2. The summed E-state index contributed by atoms with van der Waals surface area (Å²) in [5.74, 6) is 0.250. The summed E-state index contributed by atoms with van der Waals surface area (Å²) >= 11 is 2.96. The van der Waals surface area contributed by atoms with Crippen molar-refractivity contribution in [3.63, 3.8) is 0 Å². The van der Waals surface area contributed by atoms with E-state index in [1.54, 1.807) is 20.9 Å². The smallest absolute Gasteiger partial charge is 0.233 e. The Hall–Kier alpha value is -2.78. The first-order valence-electron chi connectivity index (χ1n) is 9.54. The lowest BCUT2D eigenvalue weighted by Gasteiger charge is -2.23. The largest absolute Gasteiger partial charge is 0.336 e. The predicted octanol–water partition coefficient (Wildman–Crippen LogP) is 4.20. The molecule has 2 heterocycles. The van der Waals surface area contributed by atoms with E-state index in [0.29, 0.717) is 5.16 Å². The van der Waals surface area contributed by atoms with Crippen molar-refractivity contribution in [2.75, 3.05) is 12.8 Å². The SMILES string of the molecule is Cc1cccc(C)c1-n1nnnc1SCC(=O)N(C)[C@@H](C)c1nc2ccccc2s1.